The summed E-state index contributed by atoms with van der Waals surface area (Å²) in [5.74, 6) is 0.873. The third kappa shape index (κ3) is 1.91. The molecule has 1 N–H and O–H groups in total. The number of nitrogens with one attached hydrogen (secondary N) is 1. The van der Waals surface area contributed by atoms with Crippen molar-refractivity contribution in [1.82, 2.24) is 4.98 Å². The summed E-state index contributed by atoms with van der Waals surface area (Å²) in [6.45, 7) is 1.98. The van der Waals surface area contributed by atoms with Crippen molar-refractivity contribution in [2.75, 3.05) is 12.4 Å². The molecule has 0 spiro atoms. The van der Waals surface area contributed by atoms with Gasteiger partial charge in [-0.1, -0.05) is 0 Å². The number of rotatable bonds is 3. The lowest BCUT2D eigenvalue weighted by molar-refractivity contribution is 0.302. The van der Waals surface area contributed by atoms with Crippen molar-refractivity contribution in [2.45, 2.75) is 25.9 Å². The first-order chi connectivity index (χ1) is 6.29. The molecule has 3 heteroatoms. The minimum atomic E-state index is 0.439. The summed E-state index contributed by atoms with van der Waals surface area (Å²) < 4.78 is 5.62. The number of aromatic nitrogens is 1. The van der Waals surface area contributed by atoms with Gasteiger partial charge in [0.1, 0.15) is 5.75 Å². The zero-order chi connectivity index (χ0) is 9.26. The fraction of sp³-hybridized carbons (Fsp3) is 0.500. The van der Waals surface area contributed by atoms with E-state index in [1.54, 1.807) is 6.20 Å². The monoisotopic (exact) mass is 178 g/mol. The highest BCUT2D eigenvalue weighted by Gasteiger charge is 2.23. The summed E-state index contributed by atoms with van der Waals surface area (Å²) in [4.78, 5) is 4.24. The molecule has 1 aliphatic carbocycles. The van der Waals surface area contributed by atoms with Gasteiger partial charge in [0, 0.05) is 13.1 Å². The second-order valence-corrected chi connectivity index (χ2v) is 3.37. The van der Waals surface area contributed by atoms with Gasteiger partial charge >= 0.3 is 0 Å². The first-order valence-electron chi connectivity index (χ1n) is 4.60. The van der Waals surface area contributed by atoms with Crippen LogP contribution < -0.4 is 10.1 Å². The van der Waals surface area contributed by atoms with Crippen molar-refractivity contribution >= 4 is 5.69 Å². The Balaban J connectivity index is 2.16. The molecule has 1 aliphatic rings. The van der Waals surface area contributed by atoms with Crippen LogP contribution in [-0.4, -0.2) is 18.1 Å². The van der Waals surface area contributed by atoms with Gasteiger partial charge in [0.05, 0.1) is 23.7 Å². The summed E-state index contributed by atoms with van der Waals surface area (Å²) in [6, 6.07) is 2.00. The van der Waals surface area contributed by atoms with Gasteiger partial charge in [0.2, 0.25) is 0 Å². The van der Waals surface area contributed by atoms with E-state index in [0.717, 1.165) is 17.1 Å². The second kappa shape index (κ2) is 3.24. The van der Waals surface area contributed by atoms with E-state index in [4.69, 9.17) is 4.74 Å². The van der Waals surface area contributed by atoms with Gasteiger partial charge in [-0.3, -0.25) is 4.98 Å². The Morgan fingerprint density at radius 1 is 1.54 bits per heavy atom. The Morgan fingerprint density at radius 2 is 2.31 bits per heavy atom. The number of hydrogen-bond acceptors (Lipinski definition) is 3. The Bertz CT molecular complexity index is 308. The van der Waals surface area contributed by atoms with Gasteiger partial charge in [0.25, 0.3) is 0 Å². The summed E-state index contributed by atoms with van der Waals surface area (Å²) in [6.07, 6.45) is 4.59. The summed E-state index contributed by atoms with van der Waals surface area (Å²) in [7, 11) is 1.89. The zero-order valence-electron chi connectivity index (χ0n) is 8.00. The van der Waals surface area contributed by atoms with E-state index < -0.39 is 0 Å². The largest absolute Gasteiger partial charge is 0.489 e. The summed E-state index contributed by atoms with van der Waals surface area (Å²) in [5, 5.41) is 3.09. The fourth-order valence-corrected chi connectivity index (χ4v) is 1.21. The highest BCUT2D eigenvalue weighted by molar-refractivity contribution is 5.50. The number of anilines is 1. The van der Waals surface area contributed by atoms with Crippen LogP contribution in [0.4, 0.5) is 5.69 Å². The molecule has 0 unspecified atom stereocenters. The minimum Gasteiger partial charge on any atom is -0.489 e. The van der Waals surface area contributed by atoms with Gasteiger partial charge in [-0.2, -0.15) is 0 Å². The van der Waals surface area contributed by atoms with E-state index in [1.165, 1.54) is 12.8 Å². The molecule has 0 aromatic carbocycles. The second-order valence-electron chi connectivity index (χ2n) is 3.37. The number of hydrogen-bond donors (Lipinski definition) is 1. The van der Waals surface area contributed by atoms with Crippen molar-refractivity contribution in [2.24, 2.45) is 0 Å². The molecule has 1 heterocycles. The average Bonchev–Trinajstić information content (AvgIpc) is 2.92. The van der Waals surface area contributed by atoms with Gasteiger partial charge in [-0.25, -0.2) is 0 Å². The fourth-order valence-electron chi connectivity index (χ4n) is 1.21. The topological polar surface area (TPSA) is 34.1 Å². The van der Waals surface area contributed by atoms with E-state index in [0.29, 0.717) is 6.10 Å². The van der Waals surface area contributed by atoms with E-state index in [9.17, 15) is 0 Å². The first kappa shape index (κ1) is 8.35. The molecule has 0 saturated heterocycles. The predicted molar refractivity (Wildman–Crippen MR) is 52.2 cm³/mol. The normalized spacial score (nSPS) is 15.5. The van der Waals surface area contributed by atoms with Crippen LogP contribution in [0.5, 0.6) is 5.75 Å². The zero-order valence-corrected chi connectivity index (χ0v) is 8.00. The maximum absolute atomic E-state index is 5.62. The Hall–Kier alpha value is -1.25. The van der Waals surface area contributed by atoms with Crippen LogP contribution in [0.15, 0.2) is 12.3 Å². The molecule has 3 nitrogen and oxygen atoms in total. The molecule has 0 bridgehead atoms. The Morgan fingerprint density at radius 3 is 2.92 bits per heavy atom. The number of pyridine rings is 1. The van der Waals surface area contributed by atoms with E-state index in [1.807, 2.05) is 20.0 Å². The minimum absolute atomic E-state index is 0.439. The van der Waals surface area contributed by atoms with Gasteiger partial charge < -0.3 is 10.1 Å². The van der Waals surface area contributed by atoms with E-state index in [2.05, 4.69) is 10.3 Å². The summed E-state index contributed by atoms with van der Waals surface area (Å²) >= 11 is 0. The third-order valence-electron chi connectivity index (χ3n) is 2.16. The quantitative estimate of drug-likeness (QED) is 0.768. The lowest BCUT2D eigenvalue weighted by Gasteiger charge is -2.08. The molecule has 0 amide bonds. The van der Waals surface area contributed by atoms with Crippen LogP contribution in [0.25, 0.3) is 0 Å². The highest BCUT2D eigenvalue weighted by Crippen LogP contribution is 2.28. The van der Waals surface area contributed by atoms with Crippen molar-refractivity contribution in [3.05, 3.63) is 18.0 Å². The SMILES string of the molecule is CNc1cc(OC2CC2)cnc1C. The first-order valence-corrected chi connectivity index (χ1v) is 4.60. The smallest absolute Gasteiger partial charge is 0.140 e. The average molecular weight is 178 g/mol. The van der Waals surface area contributed by atoms with Gasteiger partial charge in [-0.15, -0.1) is 0 Å². The van der Waals surface area contributed by atoms with Crippen molar-refractivity contribution in [3.8, 4) is 5.75 Å². The molecular weight excluding hydrogens is 164 g/mol. The molecule has 0 aliphatic heterocycles. The number of aryl methyl sites for hydroxylation is 1. The molecule has 0 radical (unpaired) electrons. The Labute approximate surface area is 78.1 Å². The molecular formula is C10H14N2O. The molecule has 1 saturated carbocycles. The summed E-state index contributed by atoms with van der Waals surface area (Å²) in [5.41, 5.74) is 2.05. The lowest BCUT2D eigenvalue weighted by Crippen LogP contribution is -1.99. The number of ether oxygens (including phenoxy) is 1. The van der Waals surface area contributed by atoms with Crippen LogP contribution in [0.1, 0.15) is 18.5 Å². The van der Waals surface area contributed by atoms with Crippen molar-refractivity contribution < 1.29 is 4.74 Å². The lowest BCUT2D eigenvalue weighted by atomic mass is 10.3. The highest BCUT2D eigenvalue weighted by atomic mass is 16.5. The molecule has 0 atom stereocenters. The predicted octanol–water partition coefficient (Wildman–Crippen LogP) is 1.97. The molecule has 1 fully saturated rings. The molecule has 1 aromatic rings. The molecule has 70 valence electrons. The Kier molecular flexibility index (Phi) is 2.08. The van der Waals surface area contributed by atoms with Crippen molar-refractivity contribution in [1.29, 1.82) is 0 Å². The van der Waals surface area contributed by atoms with Gasteiger partial charge in [-0.05, 0) is 19.8 Å². The van der Waals surface area contributed by atoms with E-state index in [-0.39, 0.29) is 0 Å². The van der Waals surface area contributed by atoms with Crippen LogP contribution >= 0.6 is 0 Å². The molecule has 13 heavy (non-hydrogen) atoms. The maximum atomic E-state index is 5.62. The van der Waals surface area contributed by atoms with Crippen LogP contribution in [-0.2, 0) is 0 Å². The third-order valence-corrected chi connectivity index (χ3v) is 2.16. The van der Waals surface area contributed by atoms with Crippen LogP contribution in [0.2, 0.25) is 0 Å². The molecule has 2 rings (SSSR count). The molecule has 1 aromatic heterocycles. The maximum Gasteiger partial charge on any atom is 0.140 e. The van der Waals surface area contributed by atoms with E-state index >= 15 is 0 Å². The van der Waals surface area contributed by atoms with Crippen LogP contribution in [0, 0.1) is 6.92 Å². The van der Waals surface area contributed by atoms with Crippen molar-refractivity contribution in [3.63, 3.8) is 0 Å². The van der Waals surface area contributed by atoms with Crippen LogP contribution in [0.3, 0.4) is 0 Å². The standard InChI is InChI=1S/C10H14N2O/c1-7-10(11-2)5-9(6-12-7)13-8-3-4-8/h5-6,8,11H,3-4H2,1-2H3. The number of nitrogens with zero attached hydrogens (tertiary/aromatic N) is 1. The van der Waals surface area contributed by atoms with Gasteiger partial charge in [0.15, 0.2) is 0 Å².